The molecule has 0 bridgehead atoms. The molecule has 0 spiro atoms. The second kappa shape index (κ2) is 4.86. The van der Waals surface area contributed by atoms with E-state index in [0.717, 1.165) is 28.8 Å². The summed E-state index contributed by atoms with van der Waals surface area (Å²) in [4.78, 5) is 14.2. The molecule has 0 fully saturated rings. The van der Waals surface area contributed by atoms with Gasteiger partial charge in [0.2, 0.25) is 0 Å². The Labute approximate surface area is 112 Å². The van der Waals surface area contributed by atoms with Crippen molar-refractivity contribution in [3.8, 4) is 0 Å². The molecular weight excluding hydrogens is 238 g/mol. The van der Waals surface area contributed by atoms with E-state index in [1.165, 1.54) is 0 Å². The van der Waals surface area contributed by atoms with E-state index in [0.29, 0.717) is 6.54 Å². The first-order valence-electron chi connectivity index (χ1n) is 6.39. The monoisotopic (exact) mass is 253 g/mol. The number of aliphatic hydroxyl groups excluding tert-OH is 1. The molecule has 1 amide bonds. The Hall–Kier alpha value is -2.13. The van der Waals surface area contributed by atoms with Crippen molar-refractivity contribution in [1.82, 2.24) is 0 Å². The van der Waals surface area contributed by atoms with Crippen molar-refractivity contribution in [2.24, 2.45) is 0 Å². The minimum absolute atomic E-state index is 0.0249. The number of carbonyl (C=O) groups excluding carboxylic acids is 1. The summed E-state index contributed by atoms with van der Waals surface area (Å²) >= 11 is 0. The van der Waals surface area contributed by atoms with Gasteiger partial charge in [-0.3, -0.25) is 4.79 Å². The maximum atomic E-state index is 12.4. The fraction of sp³-hybridized carbons (Fsp3) is 0.188. The summed E-state index contributed by atoms with van der Waals surface area (Å²) in [5, 5.41) is 9.04. The van der Waals surface area contributed by atoms with Crippen LogP contribution in [0.25, 0.3) is 0 Å². The minimum Gasteiger partial charge on any atom is -0.392 e. The van der Waals surface area contributed by atoms with Crippen LogP contribution in [-0.2, 0) is 13.0 Å². The van der Waals surface area contributed by atoms with Gasteiger partial charge in [0.15, 0.2) is 0 Å². The van der Waals surface area contributed by atoms with Crippen LogP contribution in [0.1, 0.15) is 21.5 Å². The third kappa shape index (κ3) is 2.13. The lowest BCUT2D eigenvalue weighted by Crippen LogP contribution is -2.37. The van der Waals surface area contributed by atoms with E-state index in [1.807, 2.05) is 48.5 Å². The Morgan fingerprint density at radius 2 is 1.79 bits per heavy atom. The molecule has 2 aromatic carbocycles. The van der Waals surface area contributed by atoms with Crippen LogP contribution in [0.15, 0.2) is 48.5 Å². The van der Waals surface area contributed by atoms with E-state index in [4.69, 9.17) is 5.11 Å². The average molecular weight is 253 g/mol. The zero-order chi connectivity index (χ0) is 13.2. The fourth-order valence-electron chi connectivity index (χ4n) is 2.45. The van der Waals surface area contributed by atoms with Crippen LogP contribution in [0.3, 0.4) is 0 Å². The molecule has 0 aromatic heterocycles. The topological polar surface area (TPSA) is 40.5 Å². The maximum absolute atomic E-state index is 12.4. The quantitative estimate of drug-likeness (QED) is 0.892. The Morgan fingerprint density at radius 3 is 2.53 bits per heavy atom. The summed E-state index contributed by atoms with van der Waals surface area (Å²) in [5.74, 6) is 0.0543. The number of amides is 1. The van der Waals surface area contributed by atoms with Gasteiger partial charge in [-0.05, 0) is 35.7 Å². The third-order valence-electron chi connectivity index (χ3n) is 3.53. The van der Waals surface area contributed by atoms with Crippen molar-refractivity contribution in [3.63, 3.8) is 0 Å². The molecular formula is C16H15NO2. The Morgan fingerprint density at radius 1 is 1.05 bits per heavy atom. The second-order valence-electron chi connectivity index (χ2n) is 4.69. The molecule has 19 heavy (non-hydrogen) atoms. The lowest BCUT2D eigenvalue weighted by Gasteiger charge is -2.28. The highest BCUT2D eigenvalue weighted by Gasteiger charge is 2.24. The lowest BCUT2D eigenvalue weighted by molar-refractivity contribution is 0.0980. The highest BCUT2D eigenvalue weighted by Crippen LogP contribution is 2.24. The Balaban J connectivity index is 1.93. The standard InChI is InChI=1S/C16H15NO2/c18-11-12-5-7-14(8-6-12)17-10-9-13-3-1-2-4-15(13)16(17)19/h1-8,18H,9-11H2. The molecule has 1 aliphatic heterocycles. The Bertz CT molecular complexity index is 604. The summed E-state index contributed by atoms with van der Waals surface area (Å²) < 4.78 is 0. The van der Waals surface area contributed by atoms with Crippen molar-refractivity contribution >= 4 is 11.6 Å². The molecule has 0 aliphatic carbocycles. The normalized spacial score (nSPS) is 14.4. The fourth-order valence-corrected chi connectivity index (χ4v) is 2.45. The number of rotatable bonds is 2. The molecule has 3 rings (SSSR count). The van der Waals surface area contributed by atoms with Gasteiger partial charge in [0.1, 0.15) is 0 Å². The number of nitrogens with zero attached hydrogens (tertiary/aromatic N) is 1. The predicted molar refractivity (Wildman–Crippen MR) is 74.2 cm³/mol. The summed E-state index contributed by atoms with van der Waals surface area (Å²) in [6.45, 7) is 0.728. The van der Waals surface area contributed by atoms with E-state index < -0.39 is 0 Å². The smallest absolute Gasteiger partial charge is 0.258 e. The van der Waals surface area contributed by atoms with Gasteiger partial charge in [0.05, 0.1) is 6.61 Å². The van der Waals surface area contributed by atoms with Gasteiger partial charge in [0.25, 0.3) is 5.91 Å². The number of fused-ring (bicyclic) bond motifs is 1. The predicted octanol–water partition coefficient (Wildman–Crippen LogP) is 2.38. The number of hydrogen-bond donors (Lipinski definition) is 1. The summed E-state index contributed by atoms with van der Waals surface area (Å²) in [7, 11) is 0. The molecule has 3 heteroatoms. The summed E-state index contributed by atoms with van der Waals surface area (Å²) in [6, 6.07) is 15.2. The highest BCUT2D eigenvalue weighted by atomic mass is 16.3. The van der Waals surface area contributed by atoms with Gasteiger partial charge in [-0.25, -0.2) is 0 Å². The number of hydrogen-bond acceptors (Lipinski definition) is 2. The van der Waals surface area contributed by atoms with Gasteiger partial charge in [0, 0.05) is 17.8 Å². The molecule has 1 aliphatic rings. The van der Waals surface area contributed by atoms with Crippen LogP contribution in [0.4, 0.5) is 5.69 Å². The highest BCUT2D eigenvalue weighted by molar-refractivity contribution is 6.08. The van der Waals surface area contributed by atoms with Gasteiger partial charge >= 0.3 is 0 Å². The Kier molecular flexibility index (Phi) is 3.05. The summed E-state index contributed by atoms with van der Waals surface area (Å²) in [5.41, 5.74) is 3.65. The number of benzene rings is 2. The van der Waals surface area contributed by atoms with Gasteiger partial charge in [-0.15, -0.1) is 0 Å². The first-order valence-corrected chi connectivity index (χ1v) is 6.39. The average Bonchev–Trinajstić information content (AvgIpc) is 2.48. The molecule has 2 aromatic rings. The van der Waals surface area contributed by atoms with E-state index in [2.05, 4.69) is 0 Å². The molecule has 0 atom stereocenters. The van der Waals surface area contributed by atoms with Gasteiger partial charge in [-0.1, -0.05) is 30.3 Å². The molecule has 0 unspecified atom stereocenters. The molecule has 96 valence electrons. The van der Waals surface area contributed by atoms with Crippen molar-refractivity contribution in [3.05, 3.63) is 65.2 Å². The number of carbonyl (C=O) groups is 1. The largest absolute Gasteiger partial charge is 0.392 e. The van der Waals surface area contributed by atoms with Crippen molar-refractivity contribution in [2.45, 2.75) is 13.0 Å². The van der Waals surface area contributed by atoms with Crippen molar-refractivity contribution in [1.29, 1.82) is 0 Å². The first-order chi connectivity index (χ1) is 9.29. The van der Waals surface area contributed by atoms with Crippen molar-refractivity contribution in [2.75, 3.05) is 11.4 Å². The second-order valence-corrected chi connectivity index (χ2v) is 4.69. The molecule has 1 N–H and O–H groups in total. The van der Waals surface area contributed by atoms with Crippen LogP contribution in [-0.4, -0.2) is 17.6 Å². The van der Waals surface area contributed by atoms with Crippen LogP contribution in [0, 0.1) is 0 Å². The maximum Gasteiger partial charge on any atom is 0.258 e. The van der Waals surface area contributed by atoms with Crippen LogP contribution >= 0.6 is 0 Å². The zero-order valence-corrected chi connectivity index (χ0v) is 10.5. The van der Waals surface area contributed by atoms with Crippen LogP contribution in [0.2, 0.25) is 0 Å². The van der Waals surface area contributed by atoms with E-state index in [9.17, 15) is 4.79 Å². The first kappa shape index (κ1) is 11.9. The molecule has 0 radical (unpaired) electrons. The molecule has 0 saturated carbocycles. The molecule has 1 heterocycles. The third-order valence-corrected chi connectivity index (χ3v) is 3.53. The van der Waals surface area contributed by atoms with E-state index >= 15 is 0 Å². The van der Waals surface area contributed by atoms with Gasteiger partial charge < -0.3 is 10.0 Å². The molecule has 0 saturated heterocycles. The van der Waals surface area contributed by atoms with Crippen molar-refractivity contribution < 1.29 is 9.90 Å². The number of anilines is 1. The van der Waals surface area contributed by atoms with Crippen LogP contribution < -0.4 is 4.90 Å². The lowest BCUT2D eigenvalue weighted by atomic mass is 9.98. The van der Waals surface area contributed by atoms with E-state index in [-0.39, 0.29) is 12.5 Å². The summed E-state index contributed by atoms with van der Waals surface area (Å²) in [6.07, 6.45) is 0.879. The molecule has 3 nitrogen and oxygen atoms in total. The van der Waals surface area contributed by atoms with Gasteiger partial charge in [-0.2, -0.15) is 0 Å². The minimum atomic E-state index is 0.0249. The SMILES string of the molecule is O=C1c2ccccc2CCN1c1ccc(CO)cc1. The van der Waals surface area contributed by atoms with E-state index in [1.54, 1.807) is 4.90 Å². The zero-order valence-electron chi connectivity index (χ0n) is 10.5. The van der Waals surface area contributed by atoms with Crippen LogP contribution in [0.5, 0.6) is 0 Å². The number of aliphatic hydroxyl groups is 1.